The van der Waals surface area contributed by atoms with Crippen LogP contribution in [0.2, 0.25) is 0 Å². The van der Waals surface area contributed by atoms with Crippen LogP contribution in [0.4, 0.5) is 5.69 Å². The molecule has 0 fully saturated rings. The third-order valence-corrected chi connectivity index (χ3v) is 4.49. The number of furan rings is 1. The molecule has 0 atom stereocenters. The largest absolute Gasteiger partial charge is 0.484 e. The molecule has 0 radical (unpaired) electrons. The third-order valence-electron chi connectivity index (χ3n) is 4.49. The Balaban J connectivity index is 1.48. The molecule has 0 saturated heterocycles. The Hall–Kier alpha value is -3.80. The van der Waals surface area contributed by atoms with E-state index in [2.05, 4.69) is 5.32 Å². The summed E-state index contributed by atoms with van der Waals surface area (Å²) in [5.74, 6) is 0.963. The summed E-state index contributed by atoms with van der Waals surface area (Å²) in [6, 6.07) is 15.5. The zero-order chi connectivity index (χ0) is 20.4. The van der Waals surface area contributed by atoms with Gasteiger partial charge in [0, 0.05) is 11.8 Å². The number of anilines is 1. The summed E-state index contributed by atoms with van der Waals surface area (Å²) in [6.07, 6.45) is 1.51. The highest BCUT2D eigenvalue weighted by Gasteiger charge is 2.11. The molecule has 6 nitrogen and oxygen atoms in total. The first-order chi connectivity index (χ1) is 14.0. The molecule has 0 spiro atoms. The lowest BCUT2D eigenvalue weighted by atomic mass is 10.1. The number of amides is 1. The summed E-state index contributed by atoms with van der Waals surface area (Å²) < 4.78 is 16.6. The molecule has 1 amide bonds. The van der Waals surface area contributed by atoms with Gasteiger partial charge in [0.2, 0.25) is 0 Å². The Morgan fingerprint density at radius 1 is 1.03 bits per heavy atom. The van der Waals surface area contributed by atoms with Gasteiger partial charge in [-0.25, -0.2) is 0 Å². The highest BCUT2D eigenvalue weighted by molar-refractivity contribution is 5.92. The van der Waals surface area contributed by atoms with Crippen molar-refractivity contribution in [3.63, 3.8) is 0 Å². The van der Waals surface area contributed by atoms with E-state index in [4.69, 9.17) is 13.6 Å². The predicted octanol–water partition coefficient (Wildman–Crippen LogP) is 4.69. The number of hydrogen-bond acceptors (Lipinski definition) is 5. The van der Waals surface area contributed by atoms with Crippen LogP contribution in [-0.2, 0) is 4.79 Å². The number of ether oxygens (including phenoxy) is 1. The Labute approximate surface area is 166 Å². The van der Waals surface area contributed by atoms with Crippen LogP contribution in [0.1, 0.15) is 11.1 Å². The second kappa shape index (κ2) is 7.67. The molecule has 0 aliphatic heterocycles. The fraction of sp³-hybridized carbons (Fsp3) is 0.130. The van der Waals surface area contributed by atoms with Crippen molar-refractivity contribution in [3.8, 4) is 17.3 Å². The second-order valence-corrected chi connectivity index (χ2v) is 6.77. The molecular weight excluding hydrogens is 370 g/mol. The number of nitrogens with one attached hydrogen (secondary N) is 1. The summed E-state index contributed by atoms with van der Waals surface area (Å²) in [4.78, 5) is 24.7. The molecular formula is C23H19NO5. The van der Waals surface area contributed by atoms with E-state index in [9.17, 15) is 9.59 Å². The van der Waals surface area contributed by atoms with Gasteiger partial charge in [-0.3, -0.25) is 9.59 Å². The molecule has 1 N–H and O–H groups in total. The minimum Gasteiger partial charge on any atom is -0.484 e. The average molecular weight is 389 g/mol. The zero-order valence-corrected chi connectivity index (χ0v) is 16.0. The van der Waals surface area contributed by atoms with Crippen LogP contribution in [0, 0.1) is 13.8 Å². The van der Waals surface area contributed by atoms with Crippen molar-refractivity contribution in [2.24, 2.45) is 0 Å². The van der Waals surface area contributed by atoms with Crippen molar-refractivity contribution in [3.05, 3.63) is 82.2 Å². The van der Waals surface area contributed by atoms with Crippen LogP contribution >= 0.6 is 0 Å². The Morgan fingerprint density at radius 2 is 1.90 bits per heavy atom. The maximum absolute atomic E-state index is 12.5. The number of hydrogen-bond donors (Lipinski definition) is 1. The molecule has 4 rings (SSSR count). The van der Waals surface area contributed by atoms with Crippen LogP contribution in [0.5, 0.6) is 5.75 Å². The van der Waals surface area contributed by atoms with E-state index < -0.39 is 0 Å². The predicted molar refractivity (Wildman–Crippen MR) is 110 cm³/mol. The topological polar surface area (TPSA) is 81.7 Å². The smallest absolute Gasteiger partial charge is 0.262 e. The van der Waals surface area contributed by atoms with Gasteiger partial charge in [0.25, 0.3) is 5.91 Å². The fourth-order valence-electron chi connectivity index (χ4n) is 3.05. The third kappa shape index (κ3) is 4.06. The molecule has 0 aliphatic rings. The summed E-state index contributed by atoms with van der Waals surface area (Å²) in [5, 5.41) is 3.19. The van der Waals surface area contributed by atoms with Gasteiger partial charge in [-0.2, -0.15) is 0 Å². The van der Waals surface area contributed by atoms with Gasteiger partial charge in [0.1, 0.15) is 11.3 Å². The van der Waals surface area contributed by atoms with E-state index in [0.717, 1.165) is 16.8 Å². The van der Waals surface area contributed by atoms with Crippen molar-refractivity contribution < 1.29 is 18.4 Å². The minimum absolute atomic E-state index is 0.172. The van der Waals surface area contributed by atoms with E-state index in [1.165, 1.54) is 12.3 Å². The van der Waals surface area contributed by atoms with Crippen LogP contribution in [0.25, 0.3) is 22.5 Å². The molecule has 0 unspecified atom stereocenters. The maximum atomic E-state index is 12.5. The van der Waals surface area contributed by atoms with Gasteiger partial charge in [-0.05, 0) is 55.8 Å². The lowest BCUT2D eigenvalue weighted by Gasteiger charge is -2.10. The number of rotatable bonds is 5. The normalized spacial score (nSPS) is 10.8. The van der Waals surface area contributed by atoms with E-state index in [1.807, 2.05) is 32.0 Å². The van der Waals surface area contributed by atoms with Crippen LogP contribution in [-0.4, -0.2) is 12.5 Å². The number of fused-ring (bicyclic) bond motifs is 1. The molecule has 4 aromatic rings. The lowest BCUT2D eigenvalue weighted by molar-refractivity contribution is -0.118. The number of carbonyl (C=O) groups is 1. The van der Waals surface area contributed by atoms with E-state index in [-0.39, 0.29) is 17.9 Å². The number of benzene rings is 2. The first-order valence-electron chi connectivity index (χ1n) is 9.11. The summed E-state index contributed by atoms with van der Waals surface area (Å²) >= 11 is 0. The van der Waals surface area contributed by atoms with Gasteiger partial charge in [0.15, 0.2) is 23.6 Å². The number of carbonyl (C=O) groups excluding carboxylic acids is 1. The Morgan fingerprint density at radius 3 is 2.66 bits per heavy atom. The maximum Gasteiger partial charge on any atom is 0.262 e. The fourth-order valence-corrected chi connectivity index (χ4v) is 3.05. The molecule has 2 heterocycles. The van der Waals surface area contributed by atoms with E-state index in [1.54, 1.807) is 30.3 Å². The Kier molecular flexibility index (Phi) is 4.91. The summed E-state index contributed by atoms with van der Waals surface area (Å²) in [6.45, 7) is 3.76. The quantitative estimate of drug-likeness (QED) is 0.536. The Bertz CT molecular complexity index is 1240. The van der Waals surface area contributed by atoms with Crippen molar-refractivity contribution in [2.45, 2.75) is 13.8 Å². The minimum atomic E-state index is -0.280. The number of aryl methyl sites for hydroxylation is 2. The van der Waals surface area contributed by atoms with E-state index in [0.29, 0.717) is 28.2 Å². The highest BCUT2D eigenvalue weighted by Crippen LogP contribution is 2.25. The molecule has 2 aromatic carbocycles. The first kappa shape index (κ1) is 18.6. The van der Waals surface area contributed by atoms with Gasteiger partial charge in [-0.1, -0.05) is 17.7 Å². The van der Waals surface area contributed by atoms with Gasteiger partial charge >= 0.3 is 0 Å². The van der Waals surface area contributed by atoms with Gasteiger partial charge in [-0.15, -0.1) is 0 Å². The molecule has 0 aliphatic carbocycles. The lowest BCUT2D eigenvalue weighted by Crippen LogP contribution is -2.20. The molecule has 0 saturated carbocycles. The van der Waals surface area contributed by atoms with Crippen LogP contribution < -0.4 is 15.5 Å². The summed E-state index contributed by atoms with van der Waals surface area (Å²) in [5.41, 5.74) is 3.04. The van der Waals surface area contributed by atoms with Crippen molar-refractivity contribution >= 4 is 22.6 Å². The molecule has 0 bridgehead atoms. The molecule has 2 aromatic heterocycles. The SMILES string of the molecule is Cc1ccc(NC(=O)COc2ccc3oc(-c4ccco4)cc(=O)c3c2)c(C)c1. The monoisotopic (exact) mass is 389 g/mol. The molecule has 6 heteroatoms. The van der Waals surface area contributed by atoms with E-state index >= 15 is 0 Å². The second-order valence-electron chi connectivity index (χ2n) is 6.77. The zero-order valence-electron chi connectivity index (χ0n) is 16.0. The standard InChI is InChI=1S/C23H19NO5/c1-14-5-7-18(15(2)10-14)24-23(26)13-28-16-6-8-20-17(11-16)19(25)12-22(29-20)21-4-3-9-27-21/h3-12H,13H2,1-2H3,(H,24,26). The first-order valence-corrected chi connectivity index (χ1v) is 9.11. The molecule has 146 valence electrons. The van der Waals surface area contributed by atoms with Gasteiger partial charge in [0.05, 0.1) is 11.6 Å². The van der Waals surface area contributed by atoms with Gasteiger partial charge < -0.3 is 18.9 Å². The highest BCUT2D eigenvalue weighted by atomic mass is 16.5. The average Bonchev–Trinajstić information content (AvgIpc) is 3.23. The van der Waals surface area contributed by atoms with Crippen molar-refractivity contribution in [1.29, 1.82) is 0 Å². The van der Waals surface area contributed by atoms with Crippen molar-refractivity contribution in [2.75, 3.05) is 11.9 Å². The van der Waals surface area contributed by atoms with Crippen molar-refractivity contribution in [1.82, 2.24) is 0 Å². The summed E-state index contributed by atoms with van der Waals surface area (Å²) in [7, 11) is 0. The van der Waals surface area contributed by atoms with Crippen LogP contribution in [0.3, 0.4) is 0 Å². The van der Waals surface area contributed by atoms with Crippen LogP contribution in [0.15, 0.2) is 74.5 Å². The molecule has 29 heavy (non-hydrogen) atoms.